The SMILES string of the molecule is CCOC(=O)CN(c1cccnc1C#N)C(C)C. The second-order valence-electron chi connectivity index (χ2n) is 4.01. The van der Waals surface area contributed by atoms with Gasteiger partial charge in [0.1, 0.15) is 12.6 Å². The Labute approximate surface area is 107 Å². The number of aromatic nitrogens is 1. The van der Waals surface area contributed by atoms with Gasteiger partial charge in [0.15, 0.2) is 5.69 Å². The number of nitriles is 1. The van der Waals surface area contributed by atoms with Crippen LogP contribution in [0, 0.1) is 11.3 Å². The summed E-state index contributed by atoms with van der Waals surface area (Å²) in [6.45, 7) is 6.14. The molecule has 0 bridgehead atoms. The first-order chi connectivity index (χ1) is 8.60. The normalized spacial score (nSPS) is 9.94. The van der Waals surface area contributed by atoms with E-state index in [-0.39, 0.29) is 18.6 Å². The van der Waals surface area contributed by atoms with Gasteiger partial charge in [-0.2, -0.15) is 5.26 Å². The number of nitrogens with zero attached hydrogens (tertiary/aromatic N) is 3. The molecule has 0 atom stereocenters. The number of hydrogen-bond acceptors (Lipinski definition) is 5. The van der Waals surface area contributed by atoms with Crippen LogP contribution in [0.5, 0.6) is 0 Å². The molecule has 5 nitrogen and oxygen atoms in total. The largest absolute Gasteiger partial charge is 0.465 e. The topological polar surface area (TPSA) is 66.2 Å². The van der Waals surface area contributed by atoms with Gasteiger partial charge in [-0.1, -0.05) is 0 Å². The molecule has 0 aliphatic rings. The van der Waals surface area contributed by atoms with Crippen LogP contribution >= 0.6 is 0 Å². The lowest BCUT2D eigenvalue weighted by atomic mass is 10.2. The van der Waals surface area contributed by atoms with E-state index in [4.69, 9.17) is 10.00 Å². The minimum absolute atomic E-state index is 0.0747. The van der Waals surface area contributed by atoms with E-state index in [1.54, 1.807) is 25.3 Å². The van der Waals surface area contributed by atoms with Crippen molar-refractivity contribution in [3.63, 3.8) is 0 Å². The van der Waals surface area contributed by atoms with E-state index < -0.39 is 0 Å². The third-order valence-electron chi connectivity index (χ3n) is 2.43. The maximum atomic E-state index is 11.6. The average Bonchev–Trinajstić information content (AvgIpc) is 2.36. The van der Waals surface area contributed by atoms with Gasteiger partial charge < -0.3 is 9.64 Å². The van der Waals surface area contributed by atoms with Crippen molar-refractivity contribution in [2.24, 2.45) is 0 Å². The van der Waals surface area contributed by atoms with Crippen molar-refractivity contribution >= 4 is 11.7 Å². The molecule has 0 unspecified atom stereocenters. The van der Waals surface area contributed by atoms with Crippen LogP contribution in [0.3, 0.4) is 0 Å². The highest BCUT2D eigenvalue weighted by Crippen LogP contribution is 2.19. The van der Waals surface area contributed by atoms with Crippen LogP contribution in [0.2, 0.25) is 0 Å². The highest BCUT2D eigenvalue weighted by Gasteiger charge is 2.18. The molecule has 1 aromatic heterocycles. The van der Waals surface area contributed by atoms with E-state index in [2.05, 4.69) is 4.98 Å². The smallest absolute Gasteiger partial charge is 0.325 e. The molecule has 0 saturated carbocycles. The van der Waals surface area contributed by atoms with E-state index in [9.17, 15) is 4.79 Å². The number of hydrogen-bond donors (Lipinski definition) is 0. The Kier molecular flexibility index (Phi) is 5.12. The van der Waals surface area contributed by atoms with Gasteiger partial charge >= 0.3 is 5.97 Å². The number of pyridine rings is 1. The van der Waals surface area contributed by atoms with Gasteiger partial charge in [-0.3, -0.25) is 4.79 Å². The van der Waals surface area contributed by atoms with Crippen LogP contribution in [0.1, 0.15) is 26.5 Å². The highest BCUT2D eigenvalue weighted by atomic mass is 16.5. The summed E-state index contributed by atoms with van der Waals surface area (Å²) in [6.07, 6.45) is 1.56. The number of carbonyl (C=O) groups is 1. The second kappa shape index (κ2) is 6.60. The zero-order valence-corrected chi connectivity index (χ0v) is 10.9. The van der Waals surface area contributed by atoms with Gasteiger partial charge in [-0.25, -0.2) is 4.98 Å². The van der Waals surface area contributed by atoms with E-state index >= 15 is 0 Å². The molecule has 1 aromatic rings. The molecule has 0 fully saturated rings. The predicted octanol–water partition coefficient (Wildman–Crippen LogP) is 1.73. The summed E-state index contributed by atoms with van der Waals surface area (Å²) in [5.41, 5.74) is 0.971. The van der Waals surface area contributed by atoms with Crippen molar-refractivity contribution in [1.29, 1.82) is 5.26 Å². The van der Waals surface area contributed by atoms with Crippen molar-refractivity contribution in [2.75, 3.05) is 18.1 Å². The minimum atomic E-state index is -0.307. The van der Waals surface area contributed by atoms with E-state index in [1.165, 1.54) is 0 Å². The van der Waals surface area contributed by atoms with Gasteiger partial charge in [-0.05, 0) is 32.9 Å². The second-order valence-corrected chi connectivity index (χ2v) is 4.01. The number of esters is 1. The first kappa shape index (κ1) is 14.0. The minimum Gasteiger partial charge on any atom is -0.465 e. The fourth-order valence-electron chi connectivity index (χ4n) is 1.61. The molecular weight excluding hydrogens is 230 g/mol. The van der Waals surface area contributed by atoms with Crippen LogP contribution in [0.25, 0.3) is 0 Å². The molecule has 5 heteroatoms. The van der Waals surface area contributed by atoms with Crippen molar-refractivity contribution in [3.8, 4) is 6.07 Å². The Hall–Kier alpha value is -2.09. The lowest BCUT2D eigenvalue weighted by molar-refractivity contribution is -0.141. The Morgan fingerprint density at radius 3 is 2.89 bits per heavy atom. The van der Waals surface area contributed by atoms with Gasteiger partial charge in [0.2, 0.25) is 0 Å². The molecule has 0 aliphatic carbocycles. The molecule has 0 radical (unpaired) electrons. The summed E-state index contributed by atoms with van der Waals surface area (Å²) < 4.78 is 4.93. The maximum absolute atomic E-state index is 11.6. The van der Waals surface area contributed by atoms with Gasteiger partial charge in [-0.15, -0.1) is 0 Å². The van der Waals surface area contributed by atoms with E-state index in [0.717, 1.165) is 0 Å². The molecule has 1 rings (SSSR count). The molecular formula is C13H17N3O2. The fraction of sp³-hybridized carbons (Fsp3) is 0.462. The lowest BCUT2D eigenvalue weighted by Gasteiger charge is -2.28. The number of carbonyl (C=O) groups excluding carboxylic acids is 1. The van der Waals surface area contributed by atoms with Crippen LogP contribution in [-0.4, -0.2) is 30.1 Å². The first-order valence-electron chi connectivity index (χ1n) is 5.87. The fourth-order valence-corrected chi connectivity index (χ4v) is 1.61. The van der Waals surface area contributed by atoms with Crippen LogP contribution in [-0.2, 0) is 9.53 Å². The summed E-state index contributed by atoms with van der Waals surface area (Å²) in [5.74, 6) is -0.307. The standard InChI is InChI=1S/C13H17N3O2/c1-4-18-13(17)9-16(10(2)3)12-6-5-7-15-11(12)8-14/h5-7,10H,4,9H2,1-3H3. The zero-order valence-electron chi connectivity index (χ0n) is 10.9. The van der Waals surface area contributed by atoms with Gasteiger partial charge in [0.25, 0.3) is 0 Å². The van der Waals surface area contributed by atoms with Crippen LogP contribution < -0.4 is 4.90 Å². The molecule has 0 saturated heterocycles. The molecule has 0 amide bonds. The van der Waals surface area contributed by atoms with Crippen molar-refractivity contribution in [1.82, 2.24) is 4.98 Å². The monoisotopic (exact) mass is 247 g/mol. The Morgan fingerprint density at radius 2 is 2.33 bits per heavy atom. The third-order valence-corrected chi connectivity index (χ3v) is 2.43. The molecule has 0 aliphatic heterocycles. The molecule has 0 N–H and O–H groups in total. The quantitative estimate of drug-likeness (QED) is 0.741. The van der Waals surface area contributed by atoms with Crippen molar-refractivity contribution in [3.05, 3.63) is 24.0 Å². The van der Waals surface area contributed by atoms with Gasteiger partial charge in [0, 0.05) is 12.2 Å². The molecule has 0 spiro atoms. The number of rotatable bonds is 5. The Balaban J connectivity index is 2.98. The van der Waals surface area contributed by atoms with E-state index in [0.29, 0.717) is 18.0 Å². The molecule has 18 heavy (non-hydrogen) atoms. The number of ether oxygens (including phenoxy) is 1. The average molecular weight is 247 g/mol. The summed E-state index contributed by atoms with van der Waals surface area (Å²) >= 11 is 0. The Morgan fingerprint density at radius 1 is 1.61 bits per heavy atom. The highest BCUT2D eigenvalue weighted by molar-refractivity contribution is 5.76. The maximum Gasteiger partial charge on any atom is 0.325 e. The van der Waals surface area contributed by atoms with Crippen LogP contribution in [0.4, 0.5) is 5.69 Å². The molecule has 0 aromatic carbocycles. The van der Waals surface area contributed by atoms with Crippen LogP contribution in [0.15, 0.2) is 18.3 Å². The molecule has 1 heterocycles. The zero-order chi connectivity index (χ0) is 13.5. The Bertz CT molecular complexity index is 452. The van der Waals surface area contributed by atoms with Crippen molar-refractivity contribution in [2.45, 2.75) is 26.8 Å². The summed E-state index contributed by atoms with van der Waals surface area (Å²) in [4.78, 5) is 17.4. The third kappa shape index (κ3) is 3.45. The van der Waals surface area contributed by atoms with Gasteiger partial charge in [0.05, 0.1) is 12.3 Å². The summed E-state index contributed by atoms with van der Waals surface area (Å²) in [7, 11) is 0. The predicted molar refractivity (Wildman–Crippen MR) is 68.1 cm³/mol. The molecule has 96 valence electrons. The van der Waals surface area contributed by atoms with E-state index in [1.807, 2.05) is 24.8 Å². The number of anilines is 1. The summed E-state index contributed by atoms with van der Waals surface area (Å²) in [6, 6.07) is 5.64. The first-order valence-corrected chi connectivity index (χ1v) is 5.87. The van der Waals surface area contributed by atoms with Crippen molar-refractivity contribution < 1.29 is 9.53 Å². The summed E-state index contributed by atoms with van der Waals surface area (Å²) in [5, 5.41) is 9.03. The lowest BCUT2D eigenvalue weighted by Crippen LogP contribution is -2.37.